The van der Waals surface area contributed by atoms with E-state index in [1.54, 1.807) is 11.1 Å². The lowest BCUT2D eigenvalue weighted by atomic mass is 9.83. The fraction of sp³-hybridized carbons (Fsp3) is 0.556. The van der Waals surface area contributed by atoms with Crippen LogP contribution in [0.2, 0.25) is 0 Å². The van der Waals surface area contributed by atoms with Gasteiger partial charge < -0.3 is 0 Å². The number of allylic oxidation sites excluding steroid dienone is 4. The first-order valence-electron chi connectivity index (χ1n) is 15.4. The van der Waals surface area contributed by atoms with Gasteiger partial charge in [-0.2, -0.15) is 0 Å². The van der Waals surface area contributed by atoms with Crippen LogP contribution in [0.3, 0.4) is 0 Å². The second-order valence-electron chi connectivity index (χ2n) is 11.6. The molecule has 2 aliphatic rings. The number of rotatable bonds is 13. The Bertz CT molecular complexity index is 956. The average Bonchev–Trinajstić information content (AvgIpc) is 2.94. The van der Waals surface area contributed by atoms with Crippen molar-refractivity contribution < 1.29 is 0 Å². The molecule has 0 fully saturated rings. The summed E-state index contributed by atoms with van der Waals surface area (Å²) in [6.45, 7) is 4.61. The van der Waals surface area contributed by atoms with Crippen molar-refractivity contribution in [1.82, 2.24) is 0 Å². The molecule has 0 N–H and O–H groups in total. The van der Waals surface area contributed by atoms with Crippen LogP contribution in [-0.2, 0) is 0 Å². The number of unbranched alkanes of at least 4 members (excludes halogenated alkanes) is 6. The van der Waals surface area contributed by atoms with Gasteiger partial charge in [0.05, 0.1) is 0 Å². The van der Waals surface area contributed by atoms with E-state index in [1.165, 1.54) is 125 Å². The second-order valence-corrected chi connectivity index (χ2v) is 11.6. The van der Waals surface area contributed by atoms with E-state index in [0.29, 0.717) is 0 Å². The van der Waals surface area contributed by atoms with Crippen molar-refractivity contribution in [2.75, 3.05) is 0 Å². The van der Waals surface area contributed by atoms with Gasteiger partial charge in [0.2, 0.25) is 0 Å². The lowest BCUT2D eigenvalue weighted by Crippen LogP contribution is -2.05. The Hall–Kier alpha value is -2.08. The predicted molar refractivity (Wildman–Crippen MR) is 160 cm³/mol. The Morgan fingerprint density at radius 3 is 1.39 bits per heavy atom. The van der Waals surface area contributed by atoms with Gasteiger partial charge in [0, 0.05) is 0 Å². The van der Waals surface area contributed by atoms with Crippen LogP contribution in [0.15, 0.2) is 60.7 Å². The monoisotopic (exact) mass is 482 g/mol. The minimum absolute atomic E-state index is 0.909. The zero-order valence-electron chi connectivity index (χ0n) is 23.2. The quantitative estimate of drug-likeness (QED) is 0.249. The first-order chi connectivity index (χ1) is 17.8. The summed E-state index contributed by atoms with van der Waals surface area (Å²) >= 11 is 0. The molecule has 4 rings (SSSR count). The molecule has 2 aliphatic carbocycles. The summed E-state index contributed by atoms with van der Waals surface area (Å²) in [6.07, 6.45) is 26.9. The summed E-state index contributed by atoms with van der Waals surface area (Å²) in [5.74, 6) is 1.82. The Morgan fingerprint density at radius 2 is 0.944 bits per heavy atom. The summed E-state index contributed by atoms with van der Waals surface area (Å²) in [5.41, 5.74) is 8.64. The molecule has 2 atom stereocenters. The highest BCUT2D eigenvalue weighted by molar-refractivity contribution is 5.73. The normalized spacial score (nSPS) is 20.2. The van der Waals surface area contributed by atoms with Crippen LogP contribution in [0.1, 0.15) is 128 Å². The third kappa shape index (κ3) is 7.96. The third-order valence-electron chi connectivity index (χ3n) is 8.80. The highest BCUT2D eigenvalue weighted by atomic mass is 14.2. The second kappa shape index (κ2) is 14.6. The van der Waals surface area contributed by atoms with Crippen LogP contribution in [0, 0.1) is 11.8 Å². The lowest BCUT2D eigenvalue weighted by Gasteiger charge is -2.22. The predicted octanol–water partition coefficient (Wildman–Crippen LogP) is 11.7. The van der Waals surface area contributed by atoms with E-state index >= 15 is 0 Å². The maximum absolute atomic E-state index is 2.54. The fourth-order valence-electron chi connectivity index (χ4n) is 6.38. The van der Waals surface area contributed by atoms with Crippen LogP contribution >= 0.6 is 0 Å². The Kier molecular flexibility index (Phi) is 10.9. The third-order valence-corrected chi connectivity index (χ3v) is 8.80. The molecule has 0 aromatic heterocycles. The van der Waals surface area contributed by atoms with E-state index in [9.17, 15) is 0 Å². The molecule has 2 aromatic carbocycles. The maximum Gasteiger partial charge on any atom is -0.0184 e. The molecule has 2 aromatic rings. The van der Waals surface area contributed by atoms with Gasteiger partial charge in [-0.25, -0.2) is 0 Å². The van der Waals surface area contributed by atoms with Crippen LogP contribution in [-0.4, -0.2) is 0 Å². The first kappa shape index (κ1) is 27.0. The summed E-state index contributed by atoms with van der Waals surface area (Å²) < 4.78 is 0. The Morgan fingerprint density at radius 1 is 0.500 bits per heavy atom. The summed E-state index contributed by atoms with van der Waals surface area (Å²) in [6, 6.07) is 18.7. The number of hydrogen-bond donors (Lipinski definition) is 0. The maximum atomic E-state index is 2.54. The Labute approximate surface area is 222 Å². The van der Waals surface area contributed by atoms with Crippen molar-refractivity contribution in [3.8, 4) is 11.1 Å². The SMILES string of the molecule is CCCCCCCCCC1CC=C(c2ccc(-c3ccc(C4=CCC(CCC)CC4)cc3)cc2)CC1. The van der Waals surface area contributed by atoms with Crippen molar-refractivity contribution in [2.45, 2.75) is 117 Å². The van der Waals surface area contributed by atoms with E-state index in [4.69, 9.17) is 0 Å². The highest BCUT2D eigenvalue weighted by Crippen LogP contribution is 2.35. The molecule has 0 radical (unpaired) electrons. The largest absolute Gasteiger partial charge is 0.0804 e. The topological polar surface area (TPSA) is 0 Å². The van der Waals surface area contributed by atoms with Gasteiger partial charge >= 0.3 is 0 Å². The molecule has 0 amide bonds. The molecule has 0 saturated carbocycles. The van der Waals surface area contributed by atoms with Crippen molar-refractivity contribution in [3.63, 3.8) is 0 Å². The van der Waals surface area contributed by atoms with Crippen LogP contribution in [0.4, 0.5) is 0 Å². The average molecular weight is 483 g/mol. The van der Waals surface area contributed by atoms with Gasteiger partial charge in [0.25, 0.3) is 0 Å². The van der Waals surface area contributed by atoms with Gasteiger partial charge in [0.15, 0.2) is 0 Å². The van der Waals surface area contributed by atoms with E-state index in [-0.39, 0.29) is 0 Å². The molecule has 194 valence electrons. The van der Waals surface area contributed by atoms with Crippen molar-refractivity contribution in [3.05, 3.63) is 71.8 Å². The van der Waals surface area contributed by atoms with Crippen molar-refractivity contribution in [2.24, 2.45) is 11.8 Å². The Balaban J connectivity index is 1.24. The van der Waals surface area contributed by atoms with Gasteiger partial charge in [-0.3, -0.25) is 0 Å². The van der Waals surface area contributed by atoms with E-state index in [2.05, 4.69) is 74.5 Å². The summed E-state index contributed by atoms with van der Waals surface area (Å²) in [5, 5.41) is 0. The fourth-order valence-corrected chi connectivity index (χ4v) is 6.38. The zero-order chi connectivity index (χ0) is 25.0. The van der Waals surface area contributed by atoms with E-state index in [1.807, 2.05) is 0 Å². The van der Waals surface area contributed by atoms with Crippen LogP contribution in [0.5, 0.6) is 0 Å². The lowest BCUT2D eigenvalue weighted by molar-refractivity contribution is 0.422. The highest BCUT2D eigenvalue weighted by Gasteiger charge is 2.16. The summed E-state index contributed by atoms with van der Waals surface area (Å²) in [7, 11) is 0. The molecule has 0 heteroatoms. The molecular formula is C36H50. The number of hydrogen-bond acceptors (Lipinski definition) is 0. The molecule has 36 heavy (non-hydrogen) atoms. The first-order valence-corrected chi connectivity index (χ1v) is 15.4. The molecule has 0 spiro atoms. The standard InChI is InChI=1S/C36H50/c1-3-5-6-7-8-9-10-12-30-15-19-32(20-16-30)34-23-27-36(28-24-34)35-25-21-33(22-26-35)31-17-13-29(11-4-2)14-18-31/h17,19,21-30H,3-16,18,20H2,1-2H3. The van der Waals surface area contributed by atoms with Gasteiger partial charge in [-0.05, 0) is 83.8 Å². The molecule has 0 nitrogen and oxygen atoms in total. The van der Waals surface area contributed by atoms with Crippen molar-refractivity contribution in [1.29, 1.82) is 0 Å². The molecule has 0 heterocycles. The summed E-state index contributed by atoms with van der Waals surface area (Å²) in [4.78, 5) is 0. The zero-order valence-corrected chi connectivity index (χ0v) is 23.2. The number of benzene rings is 2. The molecule has 2 unspecified atom stereocenters. The molecule has 0 aliphatic heterocycles. The van der Waals surface area contributed by atoms with Crippen LogP contribution < -0.4 is 0 Å². The molecular weight excluding hydrogens is 432 g/mol. The molecule has 0 bridgehead atoms. The smallest absolute Gasteiger partial charge is 0.0184 e. The molecule has 0 saturated heterocycles. The van der Waals surface area contributed by atoms with Crippen LogP contribution in [0.25, 0.3) is 22.3 Å². The minimum Gasteiger partial charge on any atom is -0.0804 e. The van der Waals surface area contributed by atoms with Gasteiger partial charge in [-0.1, -0.05) is 139 Å². The van der Waals surface area contributed by atoms with Crippen molar-refractivity contribution >= 4 is 11.1 Å². The van der Waals surface area contributed by atoms with E-state index in [0.717, 1.165) is 11.8 Å². The van der Waals surface area contributed by atoms with Gasteiger partial charge in [0.1, 0.15) is 0 Å². The van der Waals surface area contributed by atoms with Gasteiger partial charge in [-0.15, -0.1) is 0 Å². The minimum atomic E-state index is 0.909. The van der Waals surface area contributed by atoms with E-state index < -0.39 is 0 Å².